The minimum atomic E-state index is -0.913. The summed E-state index contributed by atoms with van der Waals surface area (Å²) in [7, 11) is 1.77. The predicted octanol–water partition coefficient (Wildman–Crippen LogP) is 2.34. The lowest BCUT2D eigenvalue weighted by Gasteiger charge is -2.15. The largest absolute Gasteiger partial charge is 0.388 e. The Kier molecular flexibility index (Phi) is 5.37. The number of ether oxygens (including phenoxy) is 1. The fraction of sp³-hybridized carbons (Fsp3) is 0.417. The highest BCUT2D eigenvalue weighted by atomic mass is 19.1. The first-order valence-electron chi connectivity index (χ1n) is 11.8. The van der Waals surface area contributed by atoms with Crippen LogP contribution >= 0.6 is 0 Å². The van der Waals surface area contributed by atoms with Crippen LogP contribution in [0.1, 0.15) is 35.7 Å². The molecule has 10 nitrogen and oxygen atoms in total. The molecule has 4 atom stereocenters. The number of amides is 1. The molecule has 6 rings (SSSR count). The Bertz CT molecular complexity index is 1420. The van der Waals surface area contributed by atoms with E-state index in [4.69, 9.17) is 9.72 Å². The van der Waals surface area contributed by atoms with Crippen LogP contribution in [-0.2, 0) is 4.74 Å². The van der Waals surface area contributed by atoms with Crippen LogP contribution in [0.4, 0.5) is 10.2 Å². The summed E-state index contributed by atoms with van der Waals surface area (Å²) in [6.07, 6.45) is 5.57. The predicted molar refractivity (Wildman–Crippen MR) is 127 cm³/mol. The lowest BCUT2D eigenvalue weighted by molar-refractivity contribution is 0.0888. The highest BCUT2D eigenvalue weighted by molar-refractivity contribution is 6.01. The van der Waals surface area contributed by atoms with Gasteiger partial charge >= 0.3 is 0 Å². The van der Waals surface area contributed by atoms with E-state index in [9.17, 15) is 14.3 Å². The van der Waals surface area contributed by atoms with E-state index in [0.717, 1.165) is 23.8 Å². The smallest absolute Gasteiger partial charge is 0.257 e. The van der Waals surface area contributed by atoms with Crippen LogP contribution in [0, 0.1) is 0 Å². The summed E-state index contributed by atoms with van der Waals surface area (Å²) in [4.78, 5) is 22.4. The van der Waals surface area contributed by atoms with Crippen molar-refractivity contribution >= 4 is 28.4 Å². The molecule has 0 bridgehead atoms. The number of halogens is 1. The molecule has 2 fully saturated rings. The third-order valence-electron chi connectivity index (χ3n) is 6.96. The van der Waals surface area contributed by atoms with Gasteiger partial charge in [0.05, 0.1) is 43.3 Å². The van der Waals surface area contributed by atoms with Gasteiger partial charge in [-0.2, -0.15) is 9.61 Å². The van der Waals surface area contributed by atoms with E-state index in [1.165, 1.54) is 6.20 Å². The van der Waals surface area contributed by atoms with Crippen LogP contribution in [0.2, 0.25) is 0 Å². The zero-order valence-electron chi connectivity index (χ0n) is 19.2. The van der Waals surface area contributed by atoms with Crippen molar-refractivity contribution in [3.05, 3.63) is 42.4 Å². The van der Waals surface area contributed by atoms with Crippen LogP contribution in [0.15, 0.2) is 36.8 Å². The van der Waals surface area contributed by atoms with Gasteiger partial charge in [-0.15, -0.1) is 0 Å². The Morgan fingerprint density at radius 3 is 2.91 bits per heavy atom. The van der Waals surface area contributed by atoms with Crippen molar-refractivity contribution in [3.63, 3.8) is 0 Å². The standard InChI is InChI=1S/C24H26FN7O3/c1-26-21-8-17(15-10-31(19-6-2-5-16(19)25)22-13(15)4-3-7-27-22)29-23-14(9-28-32(21)23)24(34)30-18-11-35-12-20(18)33/h3-4,7-10,16,18-20,26,33H,2,5-6,11-12H2,1H3,(H,30,34)/t16-,18-,19+,20+/m1/s1. The third-order valence-corrected chi connectivity index (χ3v) is 6.96. The Morgan fingerprint density at radius 1 is 1.29 bits per heavy atom. The third kappa shape index (κ3) is 3.62. The molecule has 1 aliphatic carbocycles. The average Bonchev–Trinajstić information content (AvgIpc) is 3.65. The summed E-state index contributed by atoms with van der Waals surface area (Å²) in [6, 6.07) is 4.90. The van der Waals surface area contributed by atoms with Gasteiger partial charge in [-0.25, -0.2) is 14.4 Å². The summed E-state index contributed by atoms with van der Waals surface area (Å²) in [5, 5.41) is 21.2. The maximum absolute atomic E-state index is 14.7. The summed E-state index contributed by atoms with van der Waals surface area (Å²) >= 11 is 0. The number of fused-ring (bicyclic) bond motifs is 2. The number of nitrogens with zero attached hydrogens (tertiary/aromatic N) is 5. The van der Waals surface area contributed by atoms with Crippen LogP contribution in [0.25, 0.3) is 27.9 Å². The average molecular weight is 480 g/mol. The number of alkyl halides is 1. The fourth-order valence-electron chi connectivity index (χ4n) is 5.11. The molecule has 4 aromatic heterocycles. The highest BCUT2D eigenvalue weighted by Gasteiger charge is 2.31. The SMILES string of the molecule is CNc1cc(-c2cn([C@H]3CCC[C@H]3F)c3ncccc23)nc2c(C(=O)N[C@@H]3COC[C@@H]3O)cnn12. The Hall–Kier alpha value is -3.57. The second-order valence-corrected chi connectivity index (χ2v) is 9.09. The molecule has 1 saturated heterocycles. The van der Waals surface area contributed by atoms with Crippen molar-refractivity contribution in [1.29, 1.82) is 0 Å². The van der Waals surface area contributed by atoms with E-state index < -0.39 is 24.2 Å². The van der Waals surface area contributed by atoms with Crippen LogP contribution in [0.3, 0.4) is 0 Å². The van der Waals surface area contributed by atoms with Crippen molar-refractivity contribution in [2.45, 2.75) is 43.6 Å². The van der Waals surface area contributed by atoms with Gasteiger partial charge in [-0.1, -0.05) is 0 Å². The number of aliphatic hydroxyl groups is 1. The Morgan fingerprint density at radius 2 is 2.17 bits per heavy atom. The minimum absolute atomic E-state index is 0.185. The lowest BCUT2D eigenvalue weighted by atomic mass is 10.1. The fourth-order valence-corrected chi connectivity index (χ4v) is 5.11. The van der Waals surface area contributed by atoms with Crippen molar-refractivity contribution in [1.82, 2.24) is 29.5 Å². The first-order chi connectivity index (χ1) is 17.0. The molecule has 5 heterocycles. The van der Waals surface area contributed by atoms with Crippen LogP contribution in [0.5, 0.6) is 0 Å². The van der Waals surface area contributed by atoms with Gasteiger partial charge in [0.15, 0.2) is 5.65 Å². The zero-order valence-corrected chi connectivity index (χ0v) is 19.2. The second-order valence-electron chi connectivity index (χ2n) is 9.09. The molecule has 0 aromatic carbocycles. The van der Waals surface area contributed by atoms with E-state index in [1.807, 2.05) is 29.0 Å². The summed E-state index contributed by atoms with van der Waals surface area (Å²) in [5.41, 5.74) is 2.78. The number of aromatic nitrogens is 5. The van der Waals surface area contributed by atoms with Gasteiger partial charge in [0.25, 0.3) is 5.91 Å². The van der Waals surface area contributed by atoms with Crippen LogP contribution < -0.4 is 10.6 Å². The van der Waals surface area contributed by atoms with Crippen molar-refractivity contribution in [2.75, 3.05) is 25.6 Å². The number of hydrogen-bond donors (Lipinski definition) is 3. The zero-order chi connectivity index (χ0) is 24.1. The summed E-state index contributed by atoms with van der Waals surface area (Å²) in [5.74, 6) is 0.249. The number of carbonyl (C=O) groups is 1. The van der Waals surface area contributed by atoms with Crippen molar-refractivity contribution in [2.24, 2.45) is 0 Å². The number of anilines is 1. The first-order valence-corrected chi connectivity index (χ1v) is 11.8. The highest BCUT2D eigenvalue weighted by Crippen LogP contribution is 2.38. The number of hydrogen-bond acceptors (Lipinski definition) is 7. The normalized spacial score (nSPS) is 24.4. The van der Waals surface area contributed by atoms with E-state index in [0.29, 0.717) is 29.2 Å². The van der Waals surface area contributed by atoms with Gasteiger partial charge in [-0.3, -0.25) is 4.79 Å². The monoisotopic (exact) mass is 479 g/mol. The lowest BCUT2D eigenvalue weighted by Crippen LogP contribution is -2.42. The molecular weight excluding hydrogens is 453 g/mol. The topological polar surface area (TPSA) is 119 Å². The second kappa shape index (κ2) is 8.58. The molecule has 1 saturated carbocycles. The number of aliphatic hydroxyl groups excluding tert-OH is 1. The molecule has 0 spiro atoms. The molecule has 11 heteroatoms. The van der Waals surface area contributed by atoms with E-state index >= 15 is 0 Å². The van der Waals surface area contributed by atoms with E-state index in [-0.39, 0.29) is 24.8 Å². The molecule has 1 amide bonds. The van der Waals surface area contributed by atoms with Gasteiger partial charge in [0.2, 0.25) is 0 Å². The van der Waals surface area contributed by atoms with E-state index in [2.05, 4.69) is 20.7 Å². The van der Waals surface area contributed by atoms with Gasteiger partial charge in [0, 0.05) is 36.5 Å². The quantitative estimate of drug-likeness (QED) is 0.402. The summed E-state index contributed by atoms with van der Waals surface area (Å²) < 4.78 is 23.4. The number of pyridine rings is 1. The molecule has 35 heavy (non-hydrogen) atoms. The number of nitrogens with one attached hydrogen (secondary N) is 2. The first kappa shape index (κ1) is 21.9. The van der Waals surface area contributed by atoms with E-state index in [1.54, 1.807) is 17.8 Å². The molecule has 182 valence electrons. The summed E-state index contributed by atoms with van der Waals surface area (Å²) in [6.45, 7) is 0.431. The van der Waals surface area contributed by atoms with Crippen molar-refractivity contribution < 1.29 is 19.0 Å². The van der Waals surface area contributed by atoms with Crippen LogP contribution in [-0.4, -0.2) is 73.7 Å². The molecule has 0 unspecified atom stereocenters. The van der Waals surface area contributed by atoms with Gasteiger partial charge in [-0.05, 0) is 31.4 Å². The maximum Gasteiger partial charge on any atom is 0.257 e. The maximum atomic E-state index is 14.7. The molecule has 0 radical (unpaired) electrons. The molecule has 4 aromatic rings. The number of rotatable bonds is 5. The number of carbonyl (C=O) groups excluding carboxylic acids is 1. The van der Waals surface area contributed by atoms with Gasteiger partial charge < -0.3 is 25.0 Å². The van der Waals surface area contributed by atoms with Gasteiger partial charge in [0.1, 0.15) is 23.2 Å². The Balaban J connectivity index is 1.47. The molecular formula is C24H26FN7O3. The molecule has 3 N–H and O–H groups in total. The minimum Gasteiger partial charge on any atom is -0.388 e. The Labute approximate surface area is 200 Å². The molecule has 1 aliphatic heterocycles. The molecule has 2 aliphatic rings. The van der Waals surface area contributed by atoms with Crippen molar-refractivity contribution in [3.8, 4) is 11.3 Å².